The van der Waals surface area contributed by atoms with Crippen LogP contribution in [0, 0.1) is 5.82 Å². The number of halogens is 2. The van der Waals surface area contributed by atoms with Crippen LogP contribution in [0.25, 0.3) is 10.9 Å². The van der Waals surface area contributed by atoms with Crippen LogP contribution in [0.2, 0.25) is 5.02 Å². The first-order chi connectivity index (χ1) is 9.99. The largest absolute Gasteiger partial charge is 0.480 e. The zero-order valence-corrected chi connectivity index (χ0v) is 11.7. The summed E-state index contributed by atoms with van der Waals surface area (Å²) in [6.07, 6.45) is 1.06. The molecule has 7 heteroatoms. The zero-order chi connectivity index (χ0) is 15.1. The number of carboxylic acids is 1. The Labute approximate surface area is 124 Å². The van der Waals surface area contributed by atoms with Gasteiger partial charge in [0.05, 0.1) is 5.02 Å². The van der Waals surface area contributed by atoms with Gasteiger partial charge in [0.15, 0.2) is 0 Å². The molecular weight excluding hydrogens is 299 g/mol. The maximum absolute atomic E-state index is 13.3. The minimum atomic E-state index is -1.03. The highest BCUT2D eigenvalue weighted by atomic mass is 35.5. The summed E-state index contributed by atoms with van der Waals surface area (Å²) in [6, 6.07) is 3.16. The van der Waals surface area contributed by atoms with Crippen molar-refractivity contribution in [3.05, 3.63) is 34.7 Å². The lowest BCUT2D eigenvalue weighted by atomic mass is 10.2. The molecule has 2 aromatic rings. The number of likely N-dealkylation sites (tertiary alicyclic amines) is 1. The summed E-state index contributed by atoms with van der Waals surface area (Å²) in [7, 11) is 0. The van der Waals surface area contributed by atoms with Crippen LogP contribution in [-0.4, -0.2) is 39.5 Å². The monoisotopic (exact) mass is 310 g/mol. The molecular formula is C14H12ClFN2O3. The minimum Gasteiger partial charge on any atom is -0.480 e. The molecule has 1 fully saturated rings. The van der Waals surface area contributed by atoms with Gasteiger partial charge in [-0.3, -0.25) is 4.79 Å². The van der Waals surface area contributed by atoms with E-state index in [9.17, 15) is 14.0 Å². The first kappa shape index (κ1) is 13.9. The van der Waals surface area contributed by atoms with Crippen molar-refractivity contribution in [2.75, 3.05) is 6.54 Å². The normalized spacial score (nSPS) is 18.4. The first-order valence-electron chi connectivity index (χ1n) is 6.49. The molecule has 0 bridgehead atoms. The van der Waals surface area contributed by atoms with Crippen molar-refractivity contribution in [2.45, 2.75) is 18.9 Å². The van der Waals surface area contributed by atoms with E-state index in [0.717, 1.165) is 0 Å². The number of rotatable bonds is 2. The molecule has 0 aliphatic carbocycles. The third-order valence-corrected chi connectivity index (χ3v) is 4.10. The van der Waals surface area contributed by atoms with E-state index < -0.39 is 23.7 Å². The van der Waals surface area contributed by atoms with Crippen molar-refractivity contribution in [2.24, 2.45) is 0 Å². The van der Waals surface area contributed by atoms with Gasteiger partial charge in [0.2, 0.25) is 0 Å². The lowest BCUT2D eigenvalue weighted by molar-refractivity contribution is -0.141. The summed E-state index contributed by atoms with van der Waals surface area (Å²) in [6.45, 7) is 0.371. The average molecular weight is 311 g/mol. The van der Waals surface area contributed by atoms with E-state index >= 15 is 0 Å². The number of hydrogen-bond acceptors (Lipinski definition) is 2. The van der Waals surface area contributed by atoms with Crippen molar-refractivity contribution >= 4 is 34.4 Å². The summed E-state index contributed by atoms with van der Waals surface area (Å²) in [5.74, 6) is -1.95. The van der Waals surface area contributed by atoms with Crippen LogP contribution in [-0.2, 0) is 4.79 Å². The molecule has 5 nitrogen and oxygen atoms in total. The fraction of sp³-hybridized carbons (Fsp3) is 0.286. The third kappa shape index (κ3) is 2.25. The van der Waals surface area contributed by atoms with Gasteiger partial charge in [0.25, 0.3) is 5.91 Å². The molecule has 0 radical (unpaired) electrons. The van der Waals surface area contributed by atoms with Gasteiger partial charge in [-0.15, -0.1) is 0 Å². The number of fused-ring (bicyclic) bond motifs is 1. The Bertz CT molecular complexity index is 743. The van der Waals surface area contributed by atoms with Crippen molar-refractivity contribution in [1.29, 1.82) is 0 Å². The number of aliphatic carboxylic acids is 1. The highest BCUT2D eigenvalue weighted by Crippen LogP contribution is 2.30. The smallest absolute Gasteiger partial charge is 0.326 e. The number of amides is 1. The van der Waals surface area contributed by atoms with E-state index in [1.807, 2.05) is 0 Å². The van der Waals surface area contributed by atoms with Gasteiger partial charge in [-0.25, -0.2) is 9.18 Å². The molecule has 0 saturated carbocycles. The van der Waals surface area contributed by atoms with Gasteiger partial charge in [0.1, 0.15) is 17.6 Å². The maximum Gasteiger partial charge on any atom is 0.326 e. The SMILES string of the molecule is O=C(O)[C@H]1CCCN1C(=O)c1[nH]c2ccc(F)cc2c1Cl. The molecule has 1 aromatic carbocycles. The molecule has 1 saturated heterocycles. The number of hydrogen-bond donors (Lipinski definition) is 2. The fourth-order valence-electron chi connectivity index (χ4n) is 2.69. The Morgan fingerprint density at radius 1 is 1.43 bits per heavy atom. The van der Waals surface area contributed by atoms with Crippen LogP contribution < -0.4 is 0 Å². The molecule has 110 valence electrons. The summed E-state index contributed by atoms with van der Waals surface area (Å²) in [4.78, 5) is 27.8. The number of nitrogens with one attached hydrogen (secondary N) is 1. The van der Waals surface area contributed by atoms with Crippen LogP contribution in [0.4, 0.5) is 4.39 Å². The number of benzene rings is 1. The lowest BCUT2D eigenvalue weighted by Gasteiger charge is -2.20. The molecule has 0 unspecified atom stereocenters. The molecule has 3 rings (SSSR count). The Balaban J connectivity index is 2.02. The second kappa shape index (κ2) is 5.04. The van der Waals surface area contributed by atoms with Crippen LogP contribution in [0.15, 0.2) is 18.2 Å². The van der Waals surface area contributed by atoms with Crippen molar-refractivity contribution in [3.8, 4) is 0 Å². The topological polar surface area (TPSA) is 73.4 Å². The predicted octanol–water partition coefficient (Wildman–Crippen LogP) is 2.65. The predicted molar refractivity (Wildman–Crippen MR) is 75.0 cm³/mol. The molecule has 1 atom stereocenters. The van der Waals surface area contributed by atoms with E-state index in [4.69, 9.17) is 16.7 Å². The van der Waals surface area contributed by atoms with Crippen LogP contribution in [0.1, 0.15) is 23.3 Å². The Kier molecular flexibility index (Phi) is 3.33. The maximum atomic E-state index is 13.3. The van der Waals surface area contributed by atoms with Gasteiger partial charge >= 0.3 is 5.97 Å². The van der Waals surface area contributed by atoms with E-state index in [1.54, 1.807) is 0 Å². The van der Waals surface area contributed by atoms with E-state index in [-0.39, 0.29) is 10.7 Å². The number of nitrogens with zero attached hydrogens (tertiary/aromatic N) is 1. The number of H-pyrrole nitrogens is 1. The number of carbonyl (C=O) groups excluding carboxylic acids is 1. The highest BCUT2D eigenvalue weighted by molar-refractivity contribution is 6.38. The zero-order valence-electron chi connectivity index (χ0n) is 10.9. The van der Waals surface area contributed by atoms with Gasteiger partial charge in [-0.2, -0.15) is 0 Å². The van der Waals surface area contributed by atoms with E-state index in [1.165, 1.54) is 23.1 Å². The molecule has 1 amide bonds. The second-order valence-corrected chi connectivity index (χ2v) is 5.38. The van der Waals surface area contributed by atoms with Gasteiger partial charge < -0.3 is 15.0 Å². The van der Waals surface area contributed by atoms with E-state index in [0.29, 0.717) is 30.3 Å². The summed E-state index contributed by atoms with van der Waals surface area (Å²) >= 11 is 6.14. The fourth-order valence-corrected chi connectivity index (χ4v) is 2.97. The van der Waals surface area contributed by atoms with Crippen molar-refractivity contribution < 1.29 is 19.1 Å². The Morgan fingerprint density at radius 2 is 2.19 bits per heavy atom. The molecule has 1 aliphatic rings. The third-order valence-electron chi connectivity index (χ3n) is 3.71. The van der Waals surface area contributed by atoms with Crippen molar-refractivity contribution in [3.63, 3.8) is 0 Å². The second-order valence-electron chi connectivity index (χ2n) is 5.00. The molecule has 1 aliphatic heterocycles. The number of aromatic amines is 1. The van der Waals surface area contributed by atoms with E-state index in [2.05, 4.69) is 4.98 Å². The summed E-state index contributed by atoms with van der Waals surface area (Å²) < 4.78 is 13.3. The van der Waals surface area contributed by atoms with Crippen LogP contribution in [0.3, 0.4) is 0 Å². The molecule has 2 N–H and O–H groups in total. The Morgan fingerprint density at radius 3 is 2.90 bits per heavy atom. The summed E-state index contributed by atoms with van der Waals surface area (Å²) in [5, 5.41) is 9.66. The number of carboxylic acid groups (broad SMARTS) is 1. The van der Waals surface area contributed by atoms with Crippen molar-refractivity contribution in [1.82, 2.24) is 9.88 Å². The van der Waals surface area contributed by atoms with Crippen LogP contribution in [0.5, 0.6) is 0 Å². The van der Waals surface area contributed by atoms with Crippen LogP contribution >= 0.6 is 11.6 Å². The van der Waals surface area contributed by atoms with Gasteiger partial charge in [-0.05, 0) is 31.0 Å². The van der Waals surface area contributed by atoms with Gasteiger partial charge in [0, 0.05) is 17.4 Å². The molecule has 21 heavy (non-hydrogen) atoms. The molecule has 2 heterocycles. The van der Waals surface area contributed by atoms with Gasteiger partial charge in [-0.1, -0.05) is 11.6 Å². The number of carbonyl (C=O) groups is 2. The number of aromatic nitrogens is 1. The average Bonchev–Trinajstić information content (AvgIpc) is 3.04. The summed E-state index contributed by atoms with van der Waals surface area (Å²) in [5.41, 5.74) is 0.640. The molecule has 1 aromatic heterocycles. The molecule has 0 spiro atoms. The minimum absolute atomic E-state index is 0.102. The lowest BCUT2D eigenvalue weighted by Crippen LogP contribution is -2.40. The highest BCUT2D eigenvalue weighted by Gasteiger charge is 2.36. The standard InChI is InChI=1S/C14H12ClFN2O3/c15-11-8-6-7(16)3-4-9(8)17-12(11)13(19)18-5-1-2-10(18)14(20)21/h3-4,6,10,17H,1-2,5H2,(H,20,21)/t10-/m1/s1. The quantitative estimate of drug-likeness (QED) is 0.895. The Hall–Kier alpha value is -2.08. The first-order valence-corrected chi connectivity index (χ1v) is 6.87.